The van der Waals surface area contributed by atoms with Gasteiger partial charge < -0.3 is 0 Å². The number of hydrogen-bond donors (Lipinski definition) is 0. The lowest BCUT2D eigenvalue weighted by atomic mass is 10.3. The maximum Gasteiger partial charge on any atom is 0.206 e. The van der Waals surface area contributed by atoms with Crippen molar-refractivity contribution in [2.45, 2.75) is 4.90 Å². The van der Waals surface area contributed by atoms with Gasteiger partial charge in [0.25, 0.3) is 0 Å². The summed E-state index contributed by atoms with van der Waals surface area (Å²) in [7, 11) is -3.45. The van der Waals surface area contributed by atoms with Crippen LogP contribution in [0.4, 0.5) is 0 Å². The predicted octanol–water partition coefficient (Wildman–Crippen LogP) is 3.19. The highest BCUT2D eigenvalue weighted by molar-refractivity contribution is 8.00. The van der Waals surface area contributed by atoms with Gasteiger partial charge in [0.15, 0.2) is 0 Å². The van der Waals surface area contributed by atoms with Crippen molar-refractivity contribution < 1.29 is 8.42 Å². The van der Waals surface area contributed by atoms with E-state index in [0.29, 0.717) is 5.56 Å². The van der Waals surface area contributed by atoms with Crippen molar-refractivity contribution in [2.24, 2.45) is 0 Å². The Hall–Kier alpha value is -1.39. The molecule has 1 aromatic heterocycles. The monoisotopic (exact) mass is 250 g/mol. The molecular weight excluding hydrogens is 240 g/mol. The van der Waals surface area contributed by atoms with Crippen LogP contribution < -0.4 is 0 Å². The zero-order valence-electron chi connectivity index (χ0n) is 8.46. The Bertz CT molecular complexity index is 581. The van der Waals surface area contributed by atoms with Gasteiger partial charge >= 0.3 is 0 Å². The Kier molecular flexibility index (Phi) is 2.94. The normalized spacial score (nSPS) is 11.2. The summed E-state index contributed by atoms with van der Waals surface area (Å²) >= 11 is 1.45. The van der Waals surface area contributed by atoms with Crippen LogP contribution in [0, 0.1) is 0 Å². The highest BCUT2D eigenvalue weighted by Crippen LogP contribution is 2.27. The minimum absolute atomic E-state index is 0.153. The highest BCUT2D eigenvalue weighted by Gasteiger charge is 2.19. The van der Waals surface area contributed by atoms with E-state index in [1.54, 1.807) is 41.8 Å². The number of benzene rings is 1. The van der Waals surface area contributed by atoms with Crippen molar-refractivity contribution in [3.63, 3.8) is 0 Å². The quantitative estimate of drug-likeness (QED) is 0.838. The lowest BCUT2D eigenvalue weighted by Gasteiger charge is -2.05. The molecule has 1 aromatic carbocycles. The zero-order chi connectivity index (χ0) is 11.6. The number of rotatable bonds is 3. The van der Waals surface area contributed by atoms with Gasteiger partial charge in [0.05, 0.1) is 9.80 Å². The van der Waals surface area contributed by atoms with Crippen LogP contribution in [-0.4, -0.2) is 8.42 Å². The van der Waals surface area contributed by atoms with E-state index >= 15 is 0 Å². The Labute approximate surface area is 98.8 Å². The highest BCUT2D eigenvalue weighted by atomic mass is 32.2. The third-order valence-electron chi connectivity index (χ3n) is 2.22. The molecule has 4 heteroatoms. The summed E-state index contributed by atoms with van der Waals surface area (Å²) in [6.45, 7) is 3.66. The van der Waals surface area contributed by atoms with Gasteiger partial charge in [0.2, 0.25) is 9.84 Å². The molecule has 2 aromatic rings. The first-order valence-corrected chi connectivity index (χ1v) is 7.06. The van der Waals surface area contributed by atoms with Gasteiger partial charge in [-0.1, -0.05) is 24.8 Å². The second-order valence-corrected chi connectivity index (χ2v) is 6.00. The number of hydrogen-bond acceptors (Lipinski definition) is 3. The minimum atomic E-state index is -3.45. The average Bonchev–Trinajstić information content (AvgIpc) is 2.82. The molecule has 16 heavy (non-hydrogen) atoms. The van der Waals surface area contributed by atoms with E-state index in [0.717, 1.165) is 0 Å². The second kappa shape index (κ2) is 4.23. The van der Waals surface area contributed by atoms with Crippen molar-refractivity contribution in [1.82, 2.24) is 0 Å². The zero-order valence-corrected chi connectivity index (χ0v) is 10.1. The molecule has 1 heterocycles. The Morgan fingerprint density at radius 1 is 1.12 bits per heavy atom. The molecule has 0 aliphatic rings. The molecule has 0 aliphatic carbocycles. The van der Waals surface area contributed by atoms with E-state index in [9.17, 15) is 8.42 Å². The van der Waals surface area contributed by atoms with E-state index in [1.165, 1.54) is 11.3 Å². The molecule has 0 bridgehead atoms. The summed E-state index contributed by atoms with van der Waals surface area (Å²) in [6.07, 6.45) is 0. The summed E-state index contributed by atoms with van der Waals surface area (Å²) < 4.78 is 24.3. The van der Waals surface area contributed by atoms with E-state index in [1.807, 2.05) is 5.38 Å². The Morgan fingerprint density at radius 3 is 2.38 bits per heavy atom. The molecule has 0 unspecified atom stereocenters. The number of thiophene rings is 1. The van der Waals surface area contributed by atoms with Crippen molar-refractivity contribution in [2.75, 3.05) is 0 Å². The standard InChI is InChI=1S/C12H10O2S2/c1-10(11-7-8-15-9-11)16(13,14)12-5-3-2-4-6-12/h2-9H,1H2. The van der Waals surface area contributed by atoms with Gasteiger partial charge in [-0.25, -0.2) is 8.42 Å². The predicted molar refractivity (Wildman–Crippen MR) is 67.0 cm³/mol. The topological polar surface area (TPSA) is 34.1 Å². The van der Waals surface area contributed by atoms with Gasteiger partial charge in [-0.3, -0.25) is 0 Å². The fourth-order valence-corrected chi connectivity index (χ4v) is 3.30. The molecule has 0 spiro atoms. The van der Waals surface area contributed by atoms with E-state index in [4.69, 9.17) is 0 Å². The van der Waals surface area contributed by atoms with Gasteiger partial charge in [0, 0.05) is 5.56 Å². The molecular formula is C12H10O2S2. The average molecular weight is 250 g/mol. The smallest absolute Gasteiger partial charge is 0.206 e. The van der Waals surface area contributed by atoms with E-state index < -0.39 is 9.84 Å². The van der Waals surface area contributed by atoms with Gasteiger partial charge in [-0.2, -0.15) is 11.3 Å². The lowest BCUT2D eigenvalue weighted by Crippen LogP contribution is -2.02. The Morgan fingerprint density at radius 2 is 1.81 bits per heavy atom. The molecule has 2 nitrogen and oxygen atoms in total. The number of sulfone groups is 1. The van der Waals surface area contributed by atoms with Crippen LogP contribution in [0.5, 0.6) is 0 Å². The van der Waals surface area contributed by atoms with E-state index in [2.05, 4.69) is 6.58 Å². The molecule has 0 saturated carbocycles. The van der Waals surface area contributed by atoms with Gasteiger partial charge in [0.1, 0.15) is 0 Å². The fourth-order valence-electron chi connectivity index (χ4n) is 1.32. The van der Waals surface area contributed by atoms with Crippen LogP contribution in [-0.2, 0) is 9.84 Å². The van der Waals surface area contributed by atoms with Gasteiger partial charge in [-0.05, 0) is 29.0 Å². The van der Waals surface area contributed by atoms with Crippen LogP contribution in [0.25, 0.3) is 4.91 Å². The molecule has 0 atom stereocenters. The molecule has 0 fully saturated rings. The lowest BCUT2D eigenvalue weighted by molar-refractivity contribution is 0.606. The summed E-state index contributed by atoms with van der Waals surface area (Å²) in [5.41, 5.74) is 0.661. The molecule has 0 radical (unpaired) electrons. The maximum absolute atomic E-state index is 12.1. The molecule has 0 saturated heterocycles. The van der Waals surface area contributed by atoms with E-state index in [-0.39, 0.29) is 9.80 Å². The minimum Gasteiger partial charge on any atom is -0.219 e. The third-order valence-corrected chi connectivity index (χ3v) is 4.68. The third kappa shape index (κ3) is 1.94. The SMILES string of the molecule is C=C(c1ccsc1)S(=O)(=O)c1ccccc1. The molecule has 82 valence electrons. The largest absolute Gasteiger partial charge is 0.219 e. The maximum atomic E-state index is 12.1. The summed E-state index contributed by atoms with van der Waals surface area (Å²) in [5, 5.41) is 3.61. The fraction of sp³-hybridized carbons (Fsp3) is 0. The molecule has 0 N–H and O–H groups in total. The molecule has 2 rings (SSSR count). The summed E-state index contributed by atoms with van der Waals surface area (Å²) in [4.78, 5) is 0.436. The van der Waals surface area contributed by atoms with Crippen molar-refractivity contribution in [3.8, 4) is 0 Å². The molecule has 0 aliphatic heterocycles. The van der Waals surface area contributed by atoms with Crippen LogP contribution in [0.1, 0.15) is 5.56 Å². The van der Waals surface area contributed by atoms with Crippen molar-refractivity contribution >= 4 is 26.1 Å². The Balaban J connectivity index is 2.46. The molecule has 0 amide bonds. The first kappa shape index (κ1) is 11.1. The van der Waals surface area contributed by atoms with Crippen LogP contribution in [0.2, 0.25) is 0 Å². The van der Waals surface area contributed by atoms with Crippen molar-refractivity contribution in [3.05, 3.63) is 59.3 Å². The van der Waals surface area contributed by atoms with Crippen LogP contribution >= 0.6 is 11.3 Å². The van der Waals surface area contributed by atoms with Crippen LogP contribution in [0.15, 0.2) is 58.6 Å². The first-order chi connectivity index (χ1) is 7.62. The summed E-state index contributed by atoms with van der Waals surface area (Å²) in [6, 6.07) is 10.1. The second-order valence-electron chi connectivity index (χ2n) is 3.25. The first-order valence-electron chi connectivity index (χ1n) is 4.64. The van der Waals surface area contributed by atoms with Crippen molar-refractivity contribution in [1.29, 1.82) is 0 Å². The van der Waals surface area contributed by atoms with Crippen LogP contribution in [0.3, 0.4) is 0 Å². The summed E-state index contributed by atoms with van der Waals surface area (Å²) in [5.74, 6) is 0. The van der Waals surface area contributed by atoms with Gasteiger partial charge in [-0.15, -0.1) is 0 Å².